The summed E-state index contributed by atoms with van der Waals surface area (Å²) >= 11 is 0. The van der Waals surface area contributed by atoms with Crippen LogP contribution in [0.5, 0.6) is 0 Å². The topological polar surface area (TPSA) is 43.8 Å². The van der Waals surface area contributed by atoms with Crippen molar-refractivity contribution in [3.05, 3.63) is 0 Å². The van der Waals surface area contributed by atoms with Crippen LogP contribution < -0.4 is 0 Å². The van der Waals surface area contributed by atoms with Crippen LogP contribution in [0.25, 0.3) is 0 Å². The van der Waals surface area contributed by atoms with Gasteiger partial charge in [0.15, 0.2) is 0 Å². The lowest BCUT2D eigenvalue weighted by atomic mass is 10.1. The number of hydrogen-bond acceptors (Lipinski definition) is 3. The van der Waals surface area contributed by atoms with Gasteiger partial charge in [-0.25, -0.2) is 0 Å². The van der Waals surface area contributed by atoms with Crippen LogP contribution in [0.4, 0.5) is 0 Å². The van der Waals surface area contributed by atoms with E-state index in [1.807, 2.05) is 7.05 Å². The Hall–Kier alpha value is -0.610. The zero-order valence-corrected chi connectivity index (χ0v) is 9.94. The quantitative estimate of drug-likeness (QED) is 0.757. The Kier molecular flexibility index (Phi) is 4.54. The molecule has 1 heterocycles. The summed E-state index contributed by atoms with van der Waals surface area (Å²) in [4.78, 5) is 15.3. The fraction of sp³-hybridized carbons (Fsp3) is 0.909. The molecule has 0 bridgehead atoms. The van der Waals surface area contributed by atoms with Gasteiger partial charge in [-0.15, -0.1) is 0 Å². The lowest BCUT2D eigenvalue weighted by Gasteiger charge is -2.30. The van der Waals surface area contributed by atoms with Crippen LogP contribution in [-0.4, -0.2) is 59.6 Å². The molecule has 15 heavy (non-hydrogen) atoms. The van der Waals surface area contributed by atoms with E-state index in [1.165, 1.54) is 0 Å². The van der Waals surface area contributed by atoms with E-state index in [2.05, 4.69) is 23.6 Å². The van der Waals surface area contributed by atoms with Crippen LogP contribution in [-0.2, 0) is 4.79 Å². The zero-order valence-electron chi connectivity index (χ0n) is 9.94. The molecule has 0 saturated carbocycles. The van der Waals surface area contributed by atoms with Gasteiger partial charge in [-0.1, -0.05) is 0 Å². The predicted molar refractivity (Wildman–Crippen MR) is 60.0 cm³/mol. The summed E-state index contributed by atoms with van der Waals surface area (Å²) in [7, 11) is 2.03. The standard InChI is InChI=1S/C11H22N2O2/c1-9(2)13-6-4-5-12(3)10(8-13)7-11(14)15/h9-10H,4-8H2,1-3H3,(H,14,15). The maximum atomic E-state index is 10.8. The second-order valence-electron chi connectivity index (χ2n) is 4.67. The smallest absolute Gasteiger partial charge is 0.304 e. The Bertz CT molecular complexity index is 219. The summed E-state index contributed by atoms with van der Waals surface area (Å²) in [6, 6.07) is 0.667. The minimum atomic E-state index is -0.697. The van der Waals surface area contributed by atoms with Crippen molar-refractivity contribution in [1.82, 2.24) is 9.80 Å². The molecule has 0 aromatic heterocycles. The molecule has 1 unspecified atom stereocenters. The first-order valence-electron chi connectivity index (χ1n) is 5.66. The molecule has 0 spiro atoms. The number of carboxylic acid groups (broad SMARTS) is 1. The molecule has 0 radical (unpaired) electrons. The van der Waals surface area contributed by atoms with Gasteiger partial charge >= 0.3 is 5.97 Å². The van der Waals surface area contributed by atoms with E-state index in [0.717, 1.165) is 26.1 Å². The van der Waals surface area contributed by atoms with Gasteiger partial charge in [-0.2, -0.15) is 0 Å². The summed E-state index contributed by atoms with van der Waals surface area (Å²) in [5.41, 5.74) is 0. The lowest BCUT2D eigenvalue weighted by Crippen LogP contribution is -2.42. The third-order valence-corrected chi connectivity index (χ3v) is 3.17. The summed E-state index contributed by atoms with van der Waals surface area (Å²) < 4.78 is 0. The van der Waals surface area contributed by atoms with Crippen LogP contribution in [0, 0.1) is 0 Å². The largest absolute Gasteiger partial charge is 0.481 e. The molecule has 1 fully saturated rings. The first-order chi connectivity index (χ1) is 7.00. The summed E-state index contributed by atoms with van der Waals surface area (Å²) in [6.07, 6.45) is 1.38. The van der Waals surface area contributed by atoms with Crippen LogP contribution in [0.15, 0.2) is 0 Å². The minimum Gasteiger partial charge on any atom is -0.481 e. The summed E-state index contributed by atoms with van der Waals surface area (Å²) in [5.74, 6) is -0.697. The van der Waals surface area contributed by atoms with E-state index in [4.69, 9.17) is 5.11 Å². The van der Waals surface area contributed by atoms with Crippen LogP contribution >= 0.6 is 0 Å². The van der Waals surface area contributed by atoms with Crippen molar-refractivity contribution in [2.75, 3.05) is 26.7 Å². The van der Waals surface area contributed by atoms with Gasteiger partial charge in [0.25, 0.3) is 0 Å². The number of carboxylic acids is 1. The predicted octanol–water partition coefficient (Wildman–Crippen LogP) is 0.876. The van der Waals surface area contributed by atoms with E-state index in [1.54, 1.807) is 0 Å². The maximum absolute atomic E-state index is 10.8. The Balaban J connectivity index is 2.60. The number of nitrogens with zero attached hydrogens (tertiary/aromatic N) is 2. The average Bonchev–Trinajstić information content (AvgIpc) is 2.28. The van der Waals surface area contributed by atoms with Gasteiger partial charge in [0.1, 0.15) is 0 Å². The van der Waals surface area contributed by atoms with Crippen molar-refractivity contribution in [3.63, 3.8) is 0 Å². The Morgan fingerprint density at radius 1 is 1.47 bits per heavy atom. The highest BCUT2D eigenvalue weighted by atomic mass is 16.4. The fourth-order valence-corrected chi connectivity index (χ4v) is 2.10. The number of rotatable bonds is 3. The molecule has 88 valence electrons. The van der Waals surface area contributed by atoms with E-state index >= 15 is 0 Å². The fourth-order valence-electron chi connectivity index (χ4n) is 2.10. The molecule has 4 nitrogen and oxygen atoms in total. The van der Waals surface area contributed by atoms with Gasteiger partial charge in [-0.3, -0.25) is 9.69 Å². The van der Waals surface area contributed by atoms with Gasteiger partial charge in [-0.05, 0) is 40.4 Å². The molecule has 0 aromatic rings. The van der Waals surface area contributed by atoms with Gasteiger partial charge in [0.05, 0.1) is 6.42 Å². The molecule has 1 rings (SSSR count). The molecule has 1 atom stereocenters. The molecular weight excluding hydrogens is 192 g/mol. The summed E-state index contributed by atoms with van der Waals surface area (Å²) in [5, 5.41) is 8.86. The average molecular weight is 214 g/mol. The molecule has 1 N–H and O–H groups in total. The third kappa shape index (κ3) is 3.80. The molecule has 4 heteroatoms. The number of aliphatic carboxylic acids is 1. The van der Waals surface area contributed by atoms with Gasteiger partial charge in [0, 0.05) is 18.6 Å². The maximum Gasteiger partial charge on any atom is 0.304 e. The first kappa shape index (κ1) is 12.5. The highest BCUT2D eigenvalue weighted by Crippen LogP contribution is 2.13. The van der Waals surface area contributed by atoms with Gasteiger partial charge in [0.2, 0.25) is 0 Å². The summed E-state index contributed by atoms with van der Waals surface area (Å²) in [6.45, 7) is 7.30. The number of hydrogen-bond donors (Lipinski definition) is 1. The molecule has 1 saturated heterocycles. The van der Waals surface area contributed by atoms with Crippen molar-refractivity contribution in [2.24, 2.45) is 0 Å². The highest BCUT2D eigenvalue weighted by molar-refractivity contribution is 5.67. The first-order valence-corrected chi connectivity index (χ1v) is 5.66. The van der Waals surface area contributed by atoms with Gasteiger partial charge < -0.3 is 10.0 Å². The van der Waals surface area contributed by atoms with Crippen molar-refractivity contribution < 1.29 is 9.90 Å². The zero-order chi connectivity index (χ0) is 11.4. The van der Waals surface area contributed by atoms with E-state index < -0.39 is 5.97 Å². The highest BCUT2D eigenvalue weighted by Gasteiger charge is 2.25. The van der Waals surface area contributed by atoms with Crippen LogP contribution in [0.3, 0.4) is 0 Å². The van der Waals surface area contributed by atoms with Crippen molar-refractivity contribution in [2.45, 2.75) is 38.8 Å². The van der Waals surface area contributed by atoms with Crippen LogP contribution in [0.1, 0.15) is 26.7 Å². The second kappa shape index (κ2) is 5.47. The third-order valence-electron chi connectivity index (χ3n) is 3.17. The Morgan fingerprint density at radius 2 is 2.13 bits per heavy atom. The van der Waals surface area contributed by atoms with Crippen LogP contribution in [0.2, 0.25) is 0 Å². The van der Waals surface area contributed by atoms with Crippen molar-refractivity contribution in [1.29, 1.82) is 0 Å². The number of carbonyl (C=O) groups is 1. The Labute approximate surface area is 91.9 Å². The van der Waals surface area contributed by atoms with E-state index in [0.29, 0.717) is 6.04 Å². The molecule has 0 aromatic carbocycles. The molecule has 1 aliphatic heterocycles. The number of likely N-dealkylation sites (N-methyl/N-ethyl adjacent to an activating group) is 1. The lowest BCUT2D eigenvalue weighted by molar-refractivity contribution is -0.138. The van der Waals surface area contributed by atoms with Crippen molar-refractivity contribution >= 4 is 5.97 Å². The van der Waals surface area contributed by atoms with E-state index in [-0.39, 0.29) is 12.5 Å². The monoisotopic (exact) mass is 214 g/mol. The Morgan fingerprint density at radius 3 is 2.67 bits per heavy atom. The molecule has 1 aliphatic rings. The van der Waals surface area contributed by atoms with E-state index in [9.17, 15) is 4.79 Å². The second-order valence-corrected chi connectivity index (χ2v) is 4.67. The molecule has 0 aliphatic carbocycles. The molecule has 0 amide bonds. The van der Waals surface area contributed by atoms with Crippen molar-refractivity contribution in [3.8, 4) is 0 Å². The normalized spacial score (nSPS) is 25.5. The minimum absolute atomic E-state index is 0.160. The molecular formula is C11H22N2O2. The SMILES string of the molecule is CC(C)N1CCCN(C)C(CC(=O)O)C1.